The molecule has 2 aliphatic heterocycles. The van der Waals surface area contributed by atoms with E-state index in [4.69, 9.17) is 0 Å². The van der Waals surface area contributed by atoms with E-state index in [0.29, 0.717) is 6.54 Å². The van der Waals surface area contributed by atoms with Crippen molar-refractivity contribution in [1.82, 2.24) is 25.0 Å². The molecule has 0 spiro atoms. The summed E-state index contributed by atoms with van der Waals surface area (Å²) in [6, 6.07) is 0.0227. The quantitative estimate of drug-likeness (QED) is 0.686. The highest BCUT2D eigenvalue weighted by atomic mass is 16.2. The van der Waals surface area contributed by atoms with Crippen LogP contribution >= 0.6 is 0 Å². The van der Waals surface area contributed by atoms with E-state index < -0.39 is 0 Å². The molecule has 6 heteroatoms. The van der Waals surface area contributed by atoms with Crippen LogP contribution in [0.2, 0.25) is 0 Å². The van der Waals surface area contributed by atoms with Crippen molar-refractivity contribution >= 4 is 5.91 Å². The Morgan fingerprint density at radius 3 is 3.25 bits per heavy atom. The van der Waals surface area contributed by atoms with Crippen molar-refractivity contribution in [2.75, 3.05) is 13.1 Å². The third kappa shape index (κ3) is 1.59. The molecule has 0 radical (unpaired) electrons. The van der Waals surface area contributed by atoms with Crippen LogP contribution in [0.3, 0.4) is 0 Å². The van der Waals surface area contributed by atoms with Gasteiger partial charge < -0.3 is 14.8 Å². The Morgan fingerprint density at radius 1 is 1.50 bits per heavy atom. The van der Waals surface area contributed by atoms with Crippen LogP contribution in [0.1, 0.15) is 18.7 Å². The molecule has 1 amide bonds. The molecule has 0 unspecified atom stereocenters. The first kappa shape index (κ1) is 9.77. The van der Waals surface area contributed by atoms with E-state index >= 15 is 0 Å². The average molecular weight is 221 g/mol. The molecule has 1 aromatic rings. The lowest BCUT2D eigenvalue weighted by Crippen LogP contribution is -2.46. The van der Waals surface area contributed by atoms with Crippen LogP contribution in [0.5, 0.6) is 0 Å². The number of hydrogen-bond donors (Lipinski definition) is 1. The summed E-state index contributed by atoms with van der Waals surface area (Å²) in [7, 11) is 0. The lowest BCUT2D eigenvalue weighted by Gasteiger charge is -2.29. The van der Waals surface area contributed by atoms with Gasteiger partial charge in [-0.3, -0.25) is 4.79 Å². The number of fused-ring (bicyclic) bond motifs is 1. The summed E-state index contributed by atoms with van der Waals surface area (Å²) < 4.78 is 2.01. The van der Waals surface area contributed by atoms with Crippen LogP contribution in [-0.2, 0) is 17.9 Å². The summed E-state index contributed by atoms with van der Waals surface area (Å²) in [5.74, 6) is 1.10. The van der Waals surface area contributed by atoms with Gasteiger partial charge in [0.1, 0.15) is 6.33 Å². The second kappa shape index (κ2) is 3.86. The Morgan fingerprint density at radius 2 is 2.44 bits per heavy atom. The smallest absolute Gasteiger partial charge is 0.240 e. The van der Waals surface area contributed by atoms with Gasteiger partial charge in [-0.2, -0.15) is 0 Å². The number of carbonyl (C=O) groups is 1. The van der Waals surface area contributed by atoms with Crippen molar-refractivity contribution in [2.45, 2.75) is 32.0 Å². The van der Waals surface area contributed by atoms with E-state index in [0.717, 1.165) is 38.3 Å². The molecule has 1 N–H and O–H groups in total. The van der Waals surface area contributed by atoms with Gasteiger partial charge in [-0.05, 0) is 19.4 Å². The molecule has 1 fully saturated rings. The molecule has 0 bridgehead atoms. The van der Waals surface area contributed by atoms with Gasteiger partial charge >= 0.3 is 0 Å². The van der Waals surface area contributed by atoms with Crippen molar-refractivity contribution in [2.24, 2.45) is 0 Å². The zero-order valence-corrected chi connectivity index (χ0v) is 9.09. The summed E-state index contributed by atoms with van der Waals surface area (Å²) in [5.41, 5.74) is 0. The van der Waals surface area contributed by atoms with Crippen LogP contribution in [0.15, 0.2) is 6.33 Å². The second-order valence-electron chi connectivity index (χ2n) is 4.35. The van der Waals surface area contributed by atoms with E-state index in [1.807, 2.05) is 9.47 Å². The molecule has 1 aromatic heterocycles. The molecule has 2 aliphatic rings. The van der Waals surface area contributed by atoms with Crippen LogP contribution < -0.4 is 5.32 Å². The molecular formula is C10H15N5O. The van der Waals surface area contributed by atoms with Gasteiger partial charge in [-0.25, -0.2) is 0 Å². The van der Waals surface area contributed by atoms with E-state index in [9.17, 15) is 4.79 Å². The summed E-state index contributed by atoms with van der Waals surface area (Å²) in [6.07, 6.45) is 3.79. The zero-order valence-electron chi connectivity index (χ0n) is 9.09. The number of nitrogens with one attached hydrogen (secondary N) is 1. The molecule has 16 heavy (non-hydrogen) atoms. The summed E-state index contributed by atoms with van der Waals surface area (Å²) in [6.45, 7) is 3.13. The van der Waals surface area contributed by atoms with Crippen LogP contribution in [0.25, 0.3) is 0 Å². The first-order valence-electron chi connectivity index (χ1n) is 5.73. The van der Waals surface area contributed by atoms with Gasteiger partial charge in [0.15, 0.2) is 5.82 Å². The maximum absolute atomic E-state index is 12.1. The largest absolute Gasteiger partial charge is 0.332 e. The van der Waals surface area contributed by atoms with Gasteiger partial charge in [-0.1, -0.05) is 0 Å². The Kier molecular flexibility index (Phi) is 2.36. The molecule has 3 rings (SSSR count). The van der Waals surface area contributed by atoms with Crippen molar-refractivity contribution in [3.8, 4) is 0 Å². The molecule has 6 nitrogen and oxygen atoms in total. The van der Waals surface area contributed by atoms with Crippen molar-refractivity contribution < 1.29 is 4.79 Å². The van der Waals surface area contributed by atoms with Crippen LogP contribution in [0.4, 0.5) is 0 Å². The second-order valence-corrected chi connectivity index (χ2v) is 4.35. The van der Waals surface area contributed by atoms with Crippen LogP contribution in [-0.4, -0.2) is 44.7 Å². The molecule has 86 valence electrons. The Hall–Kier alpha value is -1.43. The fraction of sp³-hybridized carbons (Fsp3) is 0.700. The molecule has 0 aromatic carbocycles. The molecule has 1 atom stereocenters. The minimum atomic E-state index is 0.0227. The fourth-order valence-corrected chi connectivity index (χ4v) is 2.37. The highest BCUT2D eigenvalue weighted by molar-refractivity contribution is 5.82. The van der Waals surface area contributed by atoms with Crippen LogP contribution in [0, 0.1) is 0 Å². The molecule has 3 heterocycles. The molecular weight excluding hydrogens is 206 g/mol. The fourth-order valence-electron chi connectivity index (χ4n) is 2.37. The molecule has 1 saturated heterocycles. The minimum Gasteiger partial charge on any atom is -0.332 e. The minimum absolute atomic E-state index is 0.0227. The van der Waals surface area contributed by atoms with Gasteiger partial charge in [0.2, 0.25) is 5.91 Å². The van der Waals surface area contributed by atoms with E-state index in [1.54, 1.807) is 6.33 Å². The van der Waals surface area contributed by atoms with E-state index in [2.05, 4.69) is 15.5 Å². The number of aromatic nitrogens is 3. The summed E-state index contributed by atoms with van der Waals surface area (Å²) in [5, 5.41) is 11.1. The monoisotopic (exact) mass is 221 g/mol. The number of hydrogen-bond acceptors (Lipinski definition) is 4. The van der Waals surface area contributed by atoms with Crippen molar-refractivity contribution in [3.63, 3.8) is 0 Å². The third-order valence-electron chi connectivity index (χ3n) is 3.31. The first-order chi connectivity index (χ1) is 7.84. The van der Waals surface area contributed by atoms with Gasteiger partial charge in [0, 0.05) is 13.1 Å². The maximum atomic E-state index is 12.1. The number of carbonyl (C=O) groups excluding carboxylic acids is 1. The summed E-state index contributed by atoms with van der Waals surface area (Å²) in [4.78, 5) is 14.0. The zero-order chi connectivity index (χ0) is 11.0. The third-order valence-corrected chi connectivity index (χ3v) is 3.31. The number of amides is 1. The van der Waals surface area contributed by atoms with Crippen molar-refractivity contribution in [1.29, 1.82) is 0 Å². The highest BCUT2D eigenvalue weighted by Crippen LogP contribution is 2.14. The molecule has 0 saturated carbocycles. The van der Waals surface area contributed by atoms with Gasteiger partial charge in [0.25, 0.3) is 0 Å². The Labute approximate surface area is 93.6 Å². The van der Waals surface area contributed by atoms with Crippen molar-refractivity contribution in [3.05, 3.63) is 12.2 Å². The Balaban J connectivity index is 1.71. The van der Waals surface area contributed by atoms with Gasteiger partial charge in [0.05, 0.1) is 12.6 Å². The van der Waals surface area contributed by atoms with Gasteiger partial charge in [-0.15, -0.1) is 10.2 Å². The standard InChI is InChI=1S/C10H15N5O/c16-10(8-2-1-3-11-8)14-4-5-15-7-12-13-9(15)6-14/h7-8,11H,1-6H2/t8-/m1/s1. The first-order valence-corrected chi connectivity index (χ1v) is 5.73. The molecule has 0 aliphatic carbocycles. The van der Waals surface area contributed by atoms with E-state index in [-0.39, 0.29) is 11.9 Å². The highest BCUT2D eigenvalue weighted by Gasteiger charge is 2.29. The number of nitrogens with zero attached hydrogens (tertiary/aromatic N) is 4. The topological polar surface area (TPSA) is 63.1 Å². The summed E-state index contributed by atoms with van der Waals surface area (Å²) >= 11 is 0. The normalized spacial score (nSPS) is 24.5. The SMILES string of the molecule is O=C([C@H]1CCCN1)N1CCn2cnnc2C1. The lowest BCUT2D eigenvalue weighted by molar-refractivity contribution is -0.134. The maximum Gasteiger partial charge on any atom is 0.240 e. The predicted octanol–water partition coefficient (Wildman–Crippen LogP) is -0.628. The number of rotatable bonds is 1. The lowest BCUT2D eigenvalue weighted by atomic mass is 10.2. The Bertz CT molecular complexity index is 396. The van der Waals surface area contributed by atoms with E-state index in [1.165, 1.54) is 0 Å². The predicted molar refractivity (Wildman–Crippen MR) is 56.5 cm³/mol. The average Bonchev–Trinajstić information content (AvgIpc) is 2.98.